The number of hydrogen-bond donors (Lipinski definition) is 3. The highest BCUT2D eigenvalue weighted by Crippen LogP contribution is 2.29. The summed E-state index contributed by atoms with van der Waals surface area (Å²) >= 11 is 6.24. The number of anilines is 2. The molecule has 2 aromatic heterocycles. The van der Waals surface area contributed by atoms with E-state index in [9.17, 15) is 5.11 Å². The topological polar surface area (TPSA) is 83.0 Å². The molecule has 2 atom stereocenters. The van der Waals surface area contributed by atoms with Gasteiger partial charge in [0.15, 0.2) is 5.82 Å². The van der Waals surface area contributed by atoms with Gasteiger partial charge in [0.2, 0.25) is 0 Å². The summed E-state index contributed by atoms with van der Waals surface area (Å²) in [5.74, 6) is 1.34. The summed E-state index contributed by atoms with van der Waals surface area (Å²) in [6.45, 7) is 6.33. The molecule has 0 aliphatic carbocycles. The highest BCUT2D eigenvalue weighted by Gasteiger charge is 2.32. The van der Waals surface area contributed by atoms with Crippen LogP contribution in [0.4, 0.5) is 11.5 Å². The minimum atomic E-state index is -0.639. The standard InChI is InChI=1S/C21H24ClN5O/c1-12-16(22)5-4-6-17(12)27-20-19-18(25-13(2)26-20)8-14(10-23-19)7-15-9-21(3,28)11-24-15/h4-6,8,10,15,24,28H,7,9,11H2,1-3H3,(H,25,26,27). The third-order valence-electron chi connectivity index (χ3n) is 5.16. The van der Waals surface area contributed by atoms with E-state index in [4.69, 9.17) is 11.6 Å². The van der Waals surface area contributed by atoms with Gasteiger partial charge in [-0.2, -0.15) is 0 Å². The van der Waals surface area contributed by atoms with Crippen molar-refractivity contribution in [2.45, 2.75) is 45.3 Å². The lowest BCUT2D eigenvalue weighted by Crippen LogP contribution is -2.26. The van der Waals surface area contributed by atoms with E-state index in [2.05, 4.69) is 31.7 Å². The van der Waals surface area contributed by atoms with E-state index >= 15 is 0 Å². The first kappa shape index (κ1) is 19.1. The largest absolute Gasteiger partial charge is 0.389 e. The SMILES string of the molecule is Cc1nc(Nc2cccc(Cl)c2C)c2ncc(CC3CC(C)(O)CN3)cc2n1. The number of nitrogens with one attached hydrogen (secondary N) is 2. The van der Waals surface area contributed by atoms with Crippen molar-refractivity contribution in [1.29, 1.82) is 0 Å². The second-order valence-electron chi connectivity index (χ2n) is 7.85. The van der Waals surface area contributed by atoms with Crippen LogP contribution in [-0.2, 0) is 6.42 Å². The van der Waals surface area contributed by atoms with Gasteiger partial charge in [0.05, 0.1) is 11.1 Å². The summed E-state index contributed by atoms with van der Waals surface area (Å²) in [4.78, 5) is 13.8. The molecule has 146 valence electrons. The molecule has 0 bridgehead atoms. The molecule has 1 aromatic carbocycles. The van der Waals surface area contributed by atoms with Gasteiger partial charge in [-0.15, -0.1) is 0 Å². The lowest BCUT2D eigenvalue weighted by molar-refractivity contribution is 0.0792. The summed E-state index contributed by atoms with van der Waals surface area (Å²) in [6, 6.07) is 8.04. The number of nitrogens with zero attached hydrogens (tertiary/aromatic N) is 3. The number of benzene rings is 1. The van der Waals surface area contributed by atoms with Gasteiger partial charge in [0, 0.05) is 29.5 Å². The van der Waals surface area contributed by atoms with Crippen LogP contribution in [0, 0.1) is 13.8 Å². The Labute approximate surface area is 169 Å². The van der Waals surface area contributed by atoms with Crippen LogP contribution in [0.5, 0.6) is 0 Å². The van der Waals surface area contributed by atoms with Crippen LogP contribution in [0.1, 0.15) is 30.3 Å². The average molecular weight is 398 g/mol. The Kier molecular flexibility index (Phi) is 4.95. The molecule has 3 heterocycles. The zero-order valence-electron chi connectivity index (χ0n) is 16.3. The highest BCUT2D eigenvalue weighted by molar-refractivity contribution is 6.31. The van der Waals surface area contributed by atoms with E-state index in [-0.39, 0.29) is 6.04 Å². The molecule has 1 saturated heterocycles. The summed E-state index contributed by atoms with van der Waals surface area (Å²) < 4.78 is 0. The van der Waals surface area contributed by atoms with E-state index < -0.39 is 5.60 Å². The first-order valence-electron chi connectivity index (χ1n) is 9.42. The van der Waals surface area contributed by atoms with Gasteiger partial charge in [-0.1, -0.05) is 17.7 Å². The second-order valence-corrected chi connectivity index (χ2v) is 8.26. The fourth-order valence-electron chi connectivity index (χ4n) is 3.71. The molecule has 0 amide bonds. The van der Waals surface area contributed by atoms with E-state index in [0.29, 0.717) is 23.2 Å². The minimum Gasteiger partial charge on any atom is -0.389 e. The van der Waals surface area contributed by atoms with Crippen molar-refractivity contribution in [3.63, 3.8) is 0 Å². The smallest absolute Gasteiger partial charge is 0.160 e. The maximum atomic E-state index is 10.2. The molecule has 1 fully saturated rings. The number of rotatable bonds is 4. The molecular weight excluding hydrogens is 374 g/mol. The molecule has 4 rings (SSSR count). The third kappa shape index (κ3) is 3.94. The van der Waals surface area contributed by atoms with E-state index in [1.165, 1.54) is 0 Å². The summed E-state index contributed by atoms with van der Waals surface area (Å²) in [7, 11) is 0. The van der Waals surface area contributed by atoms with Crippen LogP contribution in [0.2, 0.25) is 5.02 Å². The fourth-order valence-corrected chi connectivity index (χ4v) is 3.89. The maximum absolute atomic E-state index is 10.2. The number of aryl methyl sites for hydroxylation is 1. The quantitative estimate of drug-likeness (QED) is 0.622. The fraction of sp³-hybridized carbons (Fsp3) is 0.381. The van der Waals surface area contributed by atoms with Crippen molar-refractivity contribution in [3.8, 4) is 0 Å². The molecule has 6 nitrogen and oxygen atoms in total. The molecule has 3 N–H and O–H groups in total. The van der Waals surface area contributed by atoms with Crippen molar-refractivity contribution >= 4 is 34.1 Å². The van der Waals surface area contributed by atoms with Crippen molar-refractivity contribution < 1.29 is 5.11 Å². The van der Waals surface area contributed by atoms with Gasteiger partial charge in [-0.05, 0) is 62.9 Å². The lowest BCUT2D eigenvalue weighted by Gasteiger charge is -2.15. The first-order valence-corrected chi connectivity index (χ1v) is 9.80. The Bertz CT molecular complexity index is 1040. The Balaban J connectivity index is 1.64. The molecule has 7 heteroatoms. The summed E-state index contributed by atoms with van der Waals surface area (Å²) in [5, 5.41) is 17.6. The van der Waals surface area contributed by atoms with Gasteiger partial charge >= 0.3 is 0 Å². The predicted molar refractivity (Wildman–Crippen MR) is 112 cm³/mol. The van der Waals surface area contributed by atoms with Crippen molar-refractivity contribution in [2.75, 3.05) is 11.9 Å². The van der Waals surface area contributed by atoms with Crippen LogP contribution in [0.3, 0.4) is 0 Å². The zero-order chi connectivity index (χ0) is 19.9. The van der Waals surface area contributed by atoms with Crippen molar-refractivity contribution in [2.24, 2.45) is 0 Å². The predicted octanol–water partition coefficient (Wildman–Crippen LogP) is 3.69. The van der Waals surface area contributed by atoms with Crippen molar-refractivity contribution in [3.05, 3.63) is 52.4 Å². The molecular formula is C21H24ClN5O. The van der Waals surface area contributed by atoms with Crippen LogP contribution in [0.25, 0.3) is 11.0 Å². The van der Waals surface area contributed by atoms with Crippen LogP contribution >= 0.6 is 11.6 Å². The molecule has 28 heavy (non-hydrogen) atoms. The van der Waals surface area contributed by atoms with E-state index in [1.54, 1.807) is 0 Å². The molecule has 2 unspecified atom stereocenters. The highest BCUT2D eigenvalue weighted by atomic mass is 35.5. The van der Waals surface area contributed by atoms with E-state index in [1.807, 2.05) is 45.2 Å². The monoisotopic (exact) mass is 397 g/mol. The Hall–Kier alpha value is -2.28. The summed E-state index contributed by atoms with van der Waals surface area (Å²) in [6.07, 6.45) is 3.40. The Morgan fingerprint density at radius 3 is 2.89 bits per heavy atom. The molecule has 1 aliphatic heterocycles. The van der Waals surface area contributed by atoms with Crippen LogP contribution in [-0.4, -0.2) is 38.2 Å². The van der Waals surface area contributed by atoms with Crippen molar-refractivity contribution in [1.82, 2.24) is 20.3 Å². The van der Waals surface area contributed by atoms with Gasteiger partial charge < -0.3 is 15.7 Å². The average Bonchev–Trinajstić information content (AvgIpc) is 2.97. The number of hydrogen-bond acceptors (Lipinski definition) is 6. The number of β-amino-alcohol motifs (C(OH)–C–C–N with tert-alkyl or cyclic N) is 1. The molecule has 0 saturated carbocycles. The lowest BCUT2D eigenvalue weighted by atomic mass is 9.99. The number of pyridine rings is 1. The minimum absolute atomic E-state index is 0.240. The zero-order valence-corrected chi connectivity index (χ0v) is 17.0. The molecule has 0 spiro atoms. The van der Waals surface area contributed by atoms with E-state index in [0.717, 1.165) is 40.7 Å². The number of aliphatic hydroxyl groups is 1. The molecule has 3 aromatic rings. The van der Waals surface area contributed by atoms with Gasteiger partial charge in [-0.25, -0.2) is 9.97 Å². The van der Waals surface area contributed by atoms with Crippen LogP contribution in [0.15, 0.2) is 30.5 Å². The van der Waals surface area contributed by atoms with Gasteiger partial charge in [0.1, 0.15) is 11.3 Å². The van der Waals surface area contributed by atoms with Gasteiger partial charge in [-0.3, -0.25) is 4.98 Å². The molecule has 0 radical (unpaired) electrons. The Morgan fingerprint density at radius 1 is 1.32 bits per heavy atom. The van der Waals surface area contributed by atoms with Gasteiger partial charge in [0.25, 0.3) is 0 Å². The maximum Gasteiger partial charge on any atom is 0.160 e. The Morgan fingerprint density at radius 2 is 2.14 bits per heavy atom. The van der Waals surface area contributed by atoms with Crippen LogP contribution < -0.4 is 10.6 Å². The first-order chi connectivity index (χ1) is 13.3. The number of fused-ring (bicyclic) bond motifs is 1. The third-order valence-corrected chi connectivity index (χ3v) is 5.57. The summed E-state index contributed by atoms with van der Waals surface area (Å²) in [5.41, 5.74) is 3.84. The normalized spacial score (nSPS) is 22.0. The number of aromatic nitrogens is 3. The second kappa shape index (κ2) is 7.28. The molecule has 1 aliphatic rings. The number of halogens is 1.